The van der Waals surface area contributed by atoms with Crippen LogP contribution in [0.15, 0.2) is 18.2 Å². The third-order valence-electron chi connectivity index (χ3n) is 3.63. The molecule has 0 radical (unpaired) electrons. The van der Waals surface area contributed by atoms with Crippen molar-refractivity contribution in [2.24, 2.45) is 0 Å². The van der Waals surface area contributed by atoms with Gasteiger partial charge in [0.25, 0.3) is 0 Å². The average Bonchev–Trinajstić information content (AvgIpc) is 2.58. The predicted molar refractivity (Wildman–Crippen MR) is 98.1 cm³/mol. The third-order valence-corrected chi connectivity index (χ3v) is 4.16. The first-order valence-corrected chi connectivity index (χ1v) is 9.22. The molecule has 1 fully saturated rings. The van der Waals surface area contributed by atoms with Crippen LogP contribution in [0.1, 0.15) is 26.7 Å². The summed E-state index contributed by atoms with van der Waals surface area (Å²) in [6.45, 7) is 2.09. The summed E-state index contributed by atoms with van der Waals surface area (Å²) in [7, 11) is 0. The van der Waals surface area contributed by atoms with Crippen LogP contribution in [0.4, 0.5) is 0 Å². The number of carbonyl (C=O) groups excluding carboxylic acids is 3. The van der Waals surface area contributed by atoms with Crippen LogP contribution >= 0.6 is 23.2 Å². The number of rotatable bonds is 7. The molecule has 0 spiro atoms. The Labute approximate surface area is 171 Å². The Morgan fingerprint density at radius 2 is 1.86 bits per heavy atom. The number of carbonyl (C=O) groups is 3. The topological polar surface area (TPSA) is 97.4 Å². The summed E-state index contributed by atoms with van der Waals surface area (Å²) in [5.74, 6) is -1.37. The maximum Gasteiger partial charge on any atom is 0.346 e. The van der Waals surface area contributed by atoms with Crippen LogP contribution in [0.5, 0.6) is 5.75 Å². The maximum atomic E-state index is 12.1. The fourth-order valence-electron chi connectivity index (χ4n) is 2.56. The largest absolute Gasteiger partial charge is 0.480 e. The Balaban J connectivity index is 1.90. The SMILES string of the molecule is CC(=O)OCC1CC(OC(C)=O)CC(OC(=O)COc2ccc(Cl)cc2Cl)O1. The minimum atomic E-state index is -0.976. The molecule has 0 amide bonds. The zero-order chi connectivity index (χ0) is 20.7. The van der Waals surface area contributed by atoms with Gasteiger partial charge in [-0.05, 0) is 18.2 Å². The molecule has 1 aliphatic heterocycles. The van der Waals surface area contributed by atoms with Gasteiger partial charge in [0.15, 0.2) is 6.61 Å². The van der Waals surface area contributed by atoms with E-state index in [0.29, 0.717) is 11.4 Å². The average molecular weight is 435 g/mol. The molecule has 28 heavy (non-hydrogen) atoms. The van der Waals surface area contributed by atoms with E-state index in [2.05, 4.69) is 0 Å². The first-order valence-electron chi connectivity index (χ1n) is 8.46. The quantitative estimate of drug-likeness (QED) is 0.477. The summed E-state index contributed by atoms with van der Waals surface area (Å²) < 4.78 is 26.3. The van der Waals surface area contributed by atoms with Crippen LogP contribution in [-0.4, -0.2) is 49.6 Å². The Morgan fingerprint density at radius 3 is 2.50 bits per heavy atom. The lowest BCUT2D eigenvalue weighted by Crippen LogP contribution is -2.42. The second-order valence-corrected chi connectivity index (χ2v) is 6.89. The zero-order valence-corrected chi connectivity index (χ0v) is 16.8. The molecular formula is C18H20Cl2O8. The number of benzene rings is 1. The van der Waals surface area contributed by atoms with Crippen molar-refractivity contribution in [2.75, 3.05) is 13.2 Å². The van der Waals surface area contributed by atoms with E-state index in [1.165, 1.54) is 26.0 Å². The van der Waals surface area contributed by atoms with Crippen LogP contribution in [0.3, 0.4) is 0 Å². The van der Waals surface area contributed by atoms with E-state index >= 15 is 0 Å². The second kappa shape index (κ2) is 10.5. The molecule has 8 nitrogen and oxygen atoms in total. The van der Waals surface area contributed by atoms with Crippen LogP contribution < -0.4 is 4.74 Å². The Morgan fingerprint density at radius 1 is 1.11 bits per heavy atom. The highest BCUT2D eigenvalue weighted by atomic mass is 35.5. The number of esters is 3. The monoisotopic (exact) mass is 434 g/mol. The maximum absolute atomic E-state index is 12.1. The molecule has 0 saturated carbocycles. The number of ether oxygens (including phenoxy) is 5. The molecular weight excluding hydrogens is 415 g/mol. The molecule has 2 rings (SSSR count). The van der Waals surface area contributed by atoms with Crippen molar-refractivity contribution in [2.45, 2.75) is 45.2 Å². The van der Waals surface area contributed by atoms with Crippen molar-refractivity contribution >= 4 is 41.1 Å². The number of hydrogen-bond donors (Lipinski definition) is 0. The summed E-state index contributed by atoms with van der Waals surface area (Å²) in [6, 6.07) is 4.58. The lowest BCUT2D eigenvalue weighted by Gasteiger charge is -2.33. The molecule has 1 aromatic rings. The lowest BCUT2D eigenvalue weighted by molar-refractivity contribution is -0.228. The molecule has 10 heteroatoms. The highest BCUT2D eigenvalue weighted by molar-refractivity contribution is 6.35. The van der Waals surface area contributed by atoms with Gasteiger partial charge in [0.1, 0.15) is 18.5 Å². The number of halogens is 2. The smallest absolute Gasteiger partial charge is 0.346 e. The van der Waals surface area contributed by atoms with Crippen molar-refractivity contribution in [3.63, 3.8) is 0 Å². The van der Waals surface area contributed by atoms with Gasteiger partial charge in [-0.2, -0.15) is 0 Å². The van der Waals surface area contributed by atoms with Gasteiger partial charge in [-0.15, -0.1) is 0 Å². The van der Waals surface area contributed by atoms with Crippen molar-refractivity contribution < 1.29 is 38.1 Å². The van der Waals surface area contributed by atoms with Gasteiger partial charge in [-0.25, -0.2) is 4.79 Å². The molecule has 3 unspecified atom stereocenters. The Bertz CT molecular complexity index is 724. The second-order valence-electron chi connectivity index (χ2n) is 6.05. The molecule has 0 bridgehead atoms. The summed E-state index contributed by atoms with van der Waals surface area (Å²) in [5, 5.41) is 0.691. The predicted octanol–water partition coefficient (Wildman–Crippen LogP) is 2.92. The van der Waals surface area contributed by atoms with Crippen molar-refractivity contribution in [3.8, 4) is 5.75 Å². The normalized spacial score (nSPS) is 21.5. The molecule has 0 aliphatic carbocycles. The Hall–Kier alpha value is -2.03. The third kappa shape index (κ3) is 7.53. The van der Waals surface area contributed by atoms with E-state index in [1.54, 1.807) is 6.07 Å². The first-order chi connectivity index (χ1) is 13.2. The van der Waals surface area contributed by atoms with Crippen LogP contribution in [-0.2, 0) is 33.3 Å². The first kappa shape index (κ1) is 22.3. The van der Waals surface area contributed by atoms with Gasteiger partial charge >= 0.3 is 17.9 Å². The van der Waals surface area contributed by atoms with Crippen LogP contribution in [0.25, 0.3) is 0 Å². The summed E-state index contributed by atoms with van der Waals surface area (Å²) in [6.07, 6.45) is -1.61. The standard InChI is InChI=1S/C18H20Cl2O8/c1-10(21)24-8-14-6-13(26-11(2)22)7-18(27-14)28-17(23)9-25-16-4-3-12(19)5-15(16)20/h3-5,13-14,18H,6-9H2,1-2H3. The molecule has 0 N–H and O–H groups in total. The van der Waals surface area contributed by atoms with Gasteiger partial charge in [0.2, 0.25) is 6.29 Å². The van der Waals surface area contributed by atoms with Gasteiger partial charge in [-0.3, -0.25) is 9.59 Å². The summed E-state index contributed by atoms with van der Waals surface area (Å²) >= 11 is 11.8. The molecule has 0 aromatic heterocycles. The van der Waals surface area contributed by atoms with Gasteiger partial charge < -0.3 is 23.7 Å². The van der Waals surface area contributed by atoms with E-state index in [4.69, 9.17) is 46.9 Å². The summed E-state index contributed by atoms with van der Waals surface area (Å²) in [4.78, 5) is 34.3. The lowest BCUT2D eigenvalue weighted by atomic mass is 10.1. The molecule has 3 atom stereocenters. The van der Waals surface area contributed by atoms with Gasteiger partial charge in [0, 0.05) is 31.7 Å². The minimum absolute atomic E-state index is 0.0436. The van der Waals surface area contributed by atoms with Crippen molar-refractivity contribution in [1.29, 1.82) is 0 Å². The zero-order valence-electron chi connectivity index (χ0n) is 15.3. The van der Waals surface area contributed by atoms with Gasteiger partial charge in [0.05, 0.1) is 11.1 Å². The molecule has 1 heterocycles. The number of hydrogen-bond acceptors (Lipinski definition) is 8. The Kier molecular flexibility index (Phi) is 8.35. The minimum Gasteiger partial charge on any atom is -0.480 e. The highest BCUT2D eigenvalue weighted by Crippen LogP contribution is 2.28. The van der Waals surface area contributed by atoms with E-state index in [1.807, 2.05) is 0 Å². The van der Waals surface area contributed by atoms with Gasteiger partial charge in [-0.1, -0.05) is 23.2 Å². The van der Waals surface area contributed by atoms with E-state index < -0.39 is 43.0 Å². The van der Waals surface area contributed by atoms with E-state index in [9.17, 15) is 14.4 Å². The molecule has 1 aliphatic rings. The summed E-state index contributed by atoms with van der Waals surface area (Å²) in [5.41, 5.74) is 0. The van der Waals surface area contributed by atoms with Crippen molar-refractivity contribution in [3.05, 3.63) is 28.2 Å². The fraction of sp³-hybridized carbons (Fsp3) is 0.500. The van der Waals surface area contributed by atoms with Crippen LogP contribution in [0, 0.1) is 0 Å². The van der Waals surface area contributed by atoms with E-state index in [0.717, 1.165) is 0 Å². The molecule has 1 aromatic carbocycles. The fourth-order valence-corrected chi connectivity index (χ4v) is 3.03. The van der Waals surface area contributed by atoms with Crippen LogP contribution in [0.2, 0.25) is 10.0 Å². The molecule has 154 valence electrons. The van der Waals surface area contributed by atoms with Crippen molar-refractivity contribution in [1.82, 2.24) is 0 Å². The van der Waals surface area contributed by atoms with E-state index in [-0.39, 0.29) is 23.8 Å². The highest BCUT2D eigenvalue weighted by Gasteiger charge is 2.34. The molecule has 1 saturated heterocycles.